The van der Waals surface area contributed by atoms with E-state index in [0.29, 0.717) is 6.61 Å². The molecule has 0 saturated heterocycles. The van der Waals surface area contributed by atoms with E-state index in [-0.39, 0.29) is 6.29 Å². The third kappa shape index (κ3) is 7.38. The molecule has 0 aliphatic rings. The normalized spacial score (nSPS) is 12.5. The lowest BCUT2D eigenvalue weighted by Gasteiger charge is -2.11. The first kappa shape index (κ1) is 10.5. The summed E-state index contributed by atoms with van der Waals surface area (Å²) < 4.78 is 10.3. The molecule has 0 fully saturated rings. The first-order valence-corrected chi connectivity index (χ1v) is 3.98. The van der Waals surface area contributed by atoms with Gasteiger partial charge in [0.25, 0.3) is 0 Å². The highest BCUT2D eigenvalue weighted by molar-refractivity contribution is 4.82. The Labute approximate surface area is 68.9 Å². The molecule has 2 heteroatoms. The fourth-order valence-electron chi connectivity index (χ4n) is 0.607. The summed E-state index contributed by atoms with van der Waals surface area (Å²) in [5.41, 5.74) is 0. The number of unbranched alkanes of at least 4 members (excludes halogenated alkanes) is 1. The molecule has 0 aliphatic heterocycles. The molecule has 0 aliphatic carbocycles. The van der Waals surface area contributed by atoms with Gasteiger partial charge in [-0.3, -0.25) is 0 Å². The Morgan fingerprint density at radius 3 is 2.73 bits per heavy atom. The van der Waals surface area contributed by atoms with E-state index in [1.165, 1.54) is 0 Å². The van der Waals surface area contributed by atoms with Crippen LogP contribution < -0.4 is 0 Å². The maximum Gasteiger partial charge on any atom is 0.156 e. The molecule has 0 aromatic heterocycles. The van der Waals surface area contributed by atoms with E-state index in [0.717, 1.165) is 19.4 Å². The number of terminal acetylenes is 1. The minimum atomic E-state index is -0.169. The van der Waals surface area contributed by atoms with Gasteiger partial charge < -0.3 is 9.47 Å². The van der Waals surface area contributed by atoms with Crippen LogP contribution in [-0.2, 0) is 9.47 Å². The van der Waals surface area contributed by atoms with Crippen LogP contribution in [0, 0.1) is 12.3 Å². The molecule has 0 heterocycles. The summed E-state index contributed by atoms with van der Waals surface area (Å²) in [6.07, 6.45) is 7.05. The van der Waals surface area contributed by atoms with Crippen LogP contribution in [-0.4, -0.2) is 19.5 Å². The molecule has 0 amide bonds. The highest BCUT2D eigenvalue weighted by Crippen LogP contribution is 1.95. The van der Waals surface area contributed by atoms with E-state index in [4.69, 9.17) is 15.9 Å². The van der Waals surface area contributed by atoms with E-state index in [9.17, 15) is 0 Å². The molecular weight excluding hydrogens is 140 g/mol. The number of hydrogen-bond acceptors (Lipinski definition) is 2. The number of rotatable bonds is 6. The lowest BCUT2D eigenvalue weighted by Crippen LogP contribution is -2.13. The Morgan fingerprint density at radius 1 is 1.45 bits per heavy atom. The van der Waals surface area contributed by atoms with E-state index < -0.39 is 0 Å². The minimum absolute atomic E-state index is 0.169. The second-order valence-electron chi connectivity index (χ2n) is 2.31. The van der Waals surface area contributed by atoms with Gasteiger partial charge in [0.1, 0.15) is 6.61 Å². The van der Waals surface area contributed by atoms with E-state index in [1.54, 1.807) is 0 Å². The van der Waals surface area contributed by atoms with Crippen molar-refractivity contribution >= 4 is 0 Å². The highest BCUT2D eigenvalue weighted by atomic mass is 16.7. The zero-order chi connectivity index (χ0) is 8.53. The first-order valence-electron chi connectivity index (χ1n) is 3.98. The van der Waals surface area contributed by atoms with Crippen LogP contribution in [0.4, 0.5) is 0 Å². The van der Waals surface area contributed by atoms with Crippen LogP contribution in [0.25, 0.3) is 0 Å². The molecule has 0 saturated carbocycles. The molecule has 0 rings (SSSR count). The van der Waals surface area contributed by atoms with Crippen LogP contribution in [0.3, 0.4) is 0 Å². The maximum atomic E-state index is 5.27. The lowest BCUT2D eigenvalue weighted by atomic mass is 10.4. The predicted molar refractivity (Wildman–Crippen MR) is 45.1 cm³/mol. The Bertz CT molecular complexity index is 115. The Hall–Kier alpha value is -0.520. The molecule has 1 atom stereocenters. The van der Waals surface area contributed by atoms with Crippen molar-refractivity contribution in [2.45, 2.75) is 33.0 Å². The average Bonchev–Trinajstić information content (AvgIpc) is 2.01. The summed E-state index contributed by atoms with van der Waals surface area (Å²) in [6.45, 7) is 5.05. The maximum absolute atomic E-state index is 5.27. The van der Waals surface area contributed by atoms with Crippen LogP contribution in [0.1, 0.15) is 26.7 Å². The Morgan fingerprint density at radius 2 is 2.18 bits per heavy atom. The third-order valence-corrected chi connectivity index (χ3v) is 1.25. The van der Waals surface area contributed by atoms with Crippen molar-refractivity contribution in [3.63, 3.8) is 0 Å². The van der Waals surface area contributed by atoms with Crippen molar-refractivity contribution in [2.24, 2.45) is 0 Å². The second-order valence-corrected chi connectivity index (χ2v) is 2.31. The van der Waals surface area contributed by atoms with Gasteiger partial charge in [0, 0.05) is 6.61 Å². The zero-order valence-electron chi connectivity index (χ0n) is 7.30. The van der Waals surface area contributed by atoms with Gasteiger partial charge in [-0.05, 0) is 13.3 Å². The van der Waals surface area contributed by atoms with E-state index >= 15 is 0 Å². The Kier molecular flexibility index (Phi) is 7.23. The summed E-state index contributed by atoms with van der Waals surface area (Å²) in [4.78, 5) is 0. The standard InChI is InChI=1S/C9H16O2/c1-4-6-8-11-9(3)10-7-5-2/h2,9H,4,6-8H2,1,3H3. The van der Waals surface area contributed by atoms with Crippen molar-refractivity contribution in [1.82, 2.24) is 0 Å². The fourth-order valence-corrected chi connectivity index (χ4v) is 0.607. The quantitative estimate of drug-likeness (QED) is 0.331. The van der Waals surface area contributed by atoms with Crippen LogP contribution in [0.5, 0.6) is 0 Å². The molecule has 1 unspecified atom stereocenters. The van der Waals surface area contributed by atoms with Crippen molar-refractivity contribution in [3.05, 3.63) is 0 Å². The largest absolute Gasteiger partial charge is 0.353 e. The molecule has 0 aromatic carbocycles. The molecule has 0 spiro atoms. The van der Waals surface area contributed by atoms with Gasteiger partial charge in [-0.25, -0.2) is 0 Å². The molecule has 0 radical (unpaired) electrons. The molecule has 64 valence electrons. The lowest BCUT2D eigenvalue weighted by molar-refractivity contribution is -0.121. The highest BCUT2D eigenvalue weighted by Gasteiger charge is 1.98. The van der Waals surface area contributed by atoms with Gasteiger partial charge in [0.05, 0.1) is 0 Å². The summed E-state index contributed by atoms with van der Waals surface area (Å²) >= 11 is 0. The number of hydrogen-bond donors (Lipinski definition) is 0. The summed E-state index contributed by atoms with van der Waals surface area (Å²) in [6, 6.07) is 0. The summed E-state index contributed by atoms with van der Waals surface area (Å²) in [5.74, 6) is 2.39. The van der Waals surface area contributed by atoms with Crippen molar-refractivity contribution < 1.29 is 9.47 Å². The smallest absolute Gasteiger partial charge is 0.156 e. The molecule has 2 nitrogen and oxygen atoms in total. The van der Waals surface area contributed by atoms with Crippen LogP contribution in [0.2, 0.25) is 0 Å². The Balaban J connectivity index is 3.10. The zero-order valence-corrected chi connectivity index (χ0v) is 7.30. The molecular formula is C9H16O2. The van der Waals surface area contributed by atoms with Crippen LogP contribution in [0.15, 0.2) is 0 Å². The van der Waals surface area contributed by atoms with Crippen molar-refractivity contribution in [2.75, 3.05) is 13.2 Å². The van der Waals surface area contributed by atoms with Gasteiger partial charge in [0.15, 0.2) is 6.29 Å². The van der Waals surface area contributed by atoms with E-state index in [1.807, 2.05) is 6.92 Å². The van der Waals surface area contributed by atoms with Gasteiger partial charge in [-0.15, -0.1) is 6.42 Å². The molecule has 0 aromatic rings. The molecule has 0 N–H and O–H groups in total. The summed E-state index contributed by atoms with van der Waals surface area (Å²) in [7, 11) is 0. The molecule has 11 heavy (non-hydrogen) atoms. The van der Waals surface area contributed by atoms with Gasteiger partial charge in [-0.1, -0.05) is 19.3 Å². The first-order chi connectivity index (χ1) is 5.31. The summed E-state index contributed by atoms with van der Waals surface area (Å²) in [5, 5.41) is 0. The monoisotopic (exact) mass is 156 g/mol. The van der Waals surface area contributed by atoms with Crippen molar-refractivity contribution in [1.29, 1.82) is 0 Å². The second kappa shape index (κ2) is 7.59. The fraction of sp³-hybridized carbons (Fsp3) is 0.778. The average molecular weight is 156 g/mol. The number of ether oxygens (including phenoxy) is 2. The predicted octanol–water partition coefficient (Wildman–Crippen LogP) is 1.80. The van der Waals surface area contributed by atoms with Crippen molar-refractivity contribution in [3.8, 4) is 12.3 Å². The van der Waals surface area contributed by atoms with Crippen LogP contribution >= 0.6 is 0 Å². The SMILES string of the molecule is C#CCOC(C)OCCCC. The van der Waals surface area contributed by atoms with Gasteiger partial charge in [0.2, 0.25) is 0 Å². The van der Waals surface area contributed by atoms with E-state index in [2.05, 4.69) is 12.8 Å². The van der Waals surface area contributed by atoms with Gasteiger partial charge >= 0.3 is 0 Å². The minimum Gasteiger partial charge on any atom is -0.353 e. The van der Waals surface area contributed by atoms with Gasteiger partial charge in [-0.2, -0.15) is 0 Å². The molecule has 0 bridgehead atoms. The topological polar surface area (TPSA) is 18.5 Å². The third-order valence-electron chi connectivity index (χ3n) is 1.25.